The van der Waals surface area contributed by atoms with Crippen LogP contribution in [0.1, 0.15) is 89.1 Å². The summed E-state index contributed by atoms with van der Waals surface area (Å²) in [6.45, 7) is 10.8. The van der Waals surface area contributed by atoms with Crippen LogP contribution < -0.4 is 20.9 Å². The van der Waals surface area contributed by atoms with Gasteiger partial charge in [-0.15, -0.1) is 0 Å². The fraction of sp³-hybridized carbons (Fsp3) is 0.436. The number of benzene rings is 3. The number of likely N-dealkylation sites (tertiary alicyclic amines) is 1. The fourth-order valence-corrected chi connectivity index (χ4v) is 7.02. The molecule has 2 aliphatic heterocycles. The lowest BCUT2D eigenvalue weighted by Gasteiger charge is -2.34. The van der Waals surface area contributed by atoms with Crippen LogP contribution in [-0.2, 0) is 24.5 Å². The lowest BCUT2D eigenvalue weighted by Crippen LogP contribution is -2.54. The first-order valence-electron chi connectivity index (χ1n) is 17.2. The Balaban J connectivity index is 1.34. The van der Waals surface area contributed by atoms with Crippen molar-refractivity contribution < 1.29 is 23.9 Å². The van der Waals surface area contributed by atoms with Crippen molar-refractivity contribution >= 4 is 41.4 Å². The average molecular weight is 668 g/mol. The molecule has 260 valence electrons. The third-order valence-corrected chi connectivity index (χ3v) is 9.73. The van der Waals surface area contributed by atoms with Gasteiger partial charge < -0.3 is 30.5 Å². The molecule has 10 heteroatoms. The van der Waals surface area contributed by atoms with Crippen LogP contribution in [0.3, 0.4) is 0 Å². The molecule has 0 bridgehead atoms. The van der Waals surface area contributed by atoms with Crippen molar-refractivity contribution in [2.45, 2.75) is 89.9 Å². The second-order valence-electron chi connectivity index (χ2n) is 14.4. The highest BCUT2D eigenvalue weighted by Gasteiger charge is 2.39. The van der Waals surface area contributed by atoms with Gasteiger partial charge in [0.05, 0.1) is 19.2 Å². The van der Waals surface area contributed by atoms with Crippen molar-refractivity contribution in [3.63, 3.8) is 0 Å². The smallest absolute Gasteiger partial charge is 0.407 e. The highest BCUT2D eigenvalue weighted by atomic mass is 16.5. The molecule has 1 unspecified atom stereocenters. The number of methoxy groups -OCH3 is 1. The van der Waals surface area contributed by atoms with Crippen molar-refractivity contribution in [1.82, 2.24) is 10.2 Å². The van der Waals surface area contributed by atoms with Crippen LogP contribution in [0, 0.1) is 5.92 Å². The van der Waals surface area contributed by atoms with Gasteiger partial charge in [0.1, 0.15) is 12.1 Å². The summed E-state index contributed by atoms with van der Waals surface area (Å²) in [6.07, 6.45) is 3.17. The largest absolute Gasteiger partial charge is 0.453 e. The number of carbonyl (C=O) groups excluding carboxylic acids is 4. The number of nitrogens with one attached hydrogen (secondary N) is 3. The lowest BCUT2D eigenvalue weighted by atomic mass is 9.87. The number of hydrogen-bond donors (Lipinski definition) is 3. The first kappa shape index (κ1) is 35.4. The second kappa shape index (κ2) is 15.1. The molecular formula is C39H49N5O5. The quantitative estimate of drug-likeness (QED) is 0.202. The maximum absolute atomic E-state index is 13.5. The number of hydrogen-bond acceptors (Lipinski definition) is 6. The Kier molecular flexibility index (Phi) is 11.0. The summed E-state index contributed by atoms with van der Waals surface area (Å²) < 4.78 is 4.72. The molecule has 0 aliphatic carbocycles. The predicted molar refractivity (Wildman–Crippen MR) is 192 cm³/mol. The van der Waals surface area contributed by atoms with E-state index in [1.54, 1.807) is 4.90 Å². The molecule has 10 nitrogen and oxygen atoms in total. The normalized spacial score (nSPS) is 19.8. The van der Waals surface area contributed by atoms with Crippen LogP contribution in [0.2, 0.25) is 0 Å². The zero-order chi connectivity index (χ0) is 35.3. The van der Waals surface area contributed by atoms with Crippen molar-refractivity contribution in [1.29, 1.82) is 0 Å². The Labute approximate surface area is 289 Å². The topological polar surface area (TPSA) is 120 Å². The highest BCUT2D eigenvalue weighted by molar-refractivity contribution is 5.98. The summed E-state index contributed by atoms with van der Waals surface area (Å²) >= 11 is 0. The van der Waals surface area contributed by atoms with Gasteiger partial charge in [-0.2, -0.15) is 0 Å². The van der Waals surface area contributed by atoms with E-state index in [0.29, 0.717) is 31.5 Å². The summed E-state index contributed by atoms with van der Waals surface area (Å²) in [5.74, 6) is -0.698. The van der Waals surface area contributed by atoms with E-state index < -0.39 is 18.2 Å². The summed E-state index contributed by atoms with van der Waals surface area (Å²) in [5.41, 5.74) is 6.20. The van der Waals surface area contributed by atoms with Crippen LogP contribution in [0.4, 0.5) is 21.9 Å². The Morgan fingerprint density at radius 2 is 1.41 bits per heavy atom. The van der Waals surface area contributed by atoms with E-state index in [-0.39, 0.29) is 35.2 Å². The molecule has 3 aromatic carbocycles. The van der Waals surface area contributed by atoms with Gasteiger partial charge in [-0.3, -0.25) is 14.4 Å². The number of rotatable bonds is 10. The number of amides is 4. The van der Waals surface area contributed by atoms with Gasteiger partial charge in [0.25, 0.3) is 0 Å². The van der Waals surface area contributed by atoms with Gasteiger partial charge in [-0.1, -0.05) is 71.0 Å². The van der Waals surface area contributed by atoms with Gasteiger partial charge in [-0.25, -0.2) is 4.79 Å². The minimum absolute atomic E-state index is 0.0446. The van der Waals surface area contributed by atoms with Crippen LogP contribution in [0.25, 0.3) is 0 Å². The number of alkyl carbamates (subject to hydrolysis) is 1. The van der Waals surface area contributed by atoms with E-state index in [0.717, 1.165) is 29.8 Å². The molecule has 2 saturated heterocycles. The first-order valence-corrected chi connectivity index (χ1v) is 17.2. The first-order chi connectivity index (χ1) is 23.4. The standard InChI is InChI=1S/C39H49N5O5/c1-25(2)35(42-38(48)49-6)37(47)43-23-7-8-34(43)36(46)41-30-17-11-27(12-18-30)33-22-21-32(26-9-15-29(16-10-26)40-24-45)44(33)31-19-13-28(14-20-31)39(3,4)5/h9-20,24-25,32-35H,7-8,21-23H2,1-6H3,(H,40,45)(H,41,46)(H,42,48)/t32?,33-,34-,35-/m0/s1. The summed E-state index contributed by atoms with van der Waals surface area (Å²) in [7, 11) is 1.26. The average Bonchev–Trinajstić information content (AvgIpc) is 3.76. The molecule has 0 aromatic heterocycles. The SMILES string of the molecule is COC(=O)N[C@H](C(=O)N1CCC[C@H]1C(=O)Nc1ccc([C@@H]2CCC(c3ccc(NC=O)cc3)N2c2ccc(C(C)(C)C)cc2)cc1)C(C)C. The molecule has 2 fully saturated rings. The van der Waals surface area contributed by atoms with Gasteiger partial charge in [-0.05, 0) is 90.1 Å². The van der Waals surface area contributed by atoms with E-state index in [9.17, 15) is 19.2 Å². The Morgan fingerprint density at radius 1 is 0.837 bits per heavy atom. The number of ether oxygens (including phenoxy) is 1. The van der Waals surface area contributed by atoms with Gasteiger partial charge in [0.2, 0.25) is 18.2 Å². The fourth-order valence-electron chi connectivity index (χ4n) is 7.02. The molecule has 3 N–H and O–H groups in total. The van der Waals surface area contributed by atoms with E-state index in [1.807, 2.05) is 38.1 Å². The molecule has 5 rings (SSSR count). The molecule has 2 aliphatic rings. The molecule has 3 aromatic rings. The van der Waals surface area contributed by atoms with Crippen molar-refractivity contribution in [3.05, 3.63) is 89.5 Å². The molecule has 49 heavy (non-hydrogen) atoms. The van der Waals surface area contributed by atoms with E-state index in [2.05, 4.69) is 90.2 Å². The zero-order valence-corrected chi connectivity index (χ0v) is 29.4. The molecule has 4 amide bonds. The van der Waals surface area contributed by atoms with E-state index >= 15 is 0 Å². The van der Waals surface area contributed by atoms with Crippen LogP contribution >= 0.6 is 0 Å². The van der Waals surface area contributed by atoms with Crippen LogP contribution in [-0.4, -0.2) is 55.0 Å². The number of carbonyl (C=O) groups is 4. The summed E-state index contributed by atoms with van der Waals surface area (Å²) in [5, 5.41) is 8.38. The molecule has 0 spiro atoms. The van der Waals surface area contributed by atoms with E-state index in [1.165, 1.54) is 18.2 Å². The third-order valence-electron chi connectivity index (χ3n) is 9.73. The third kappa shape index (κ3) is 8.07. The Hall–Kier alpha value is -4.86. The minimum atomic E-state index is -0.783. The van der Waals surface area contributed by atoms with Crippen LogP contribution in [0.5, 0.6) is 0 Å². The predicted octanol–water partition coefficient (Wildman–Crippen LogP) is 6.95. The van der Waals surface area contributed by atoms with Gasteiger partial charge >= 0.3 is 6.09 Å². The molecule has 0 saturated carbocycles. The van der Waals surface area contributed by atoms with E-state index in [4.69, 9.17) is 4.74 Å². The Morgan fingerprint density at radius 3 is 1.92 bits per heavy atom. The number of nitrogens with zero attached hydrogens (tertiary/aromatic N) is 2. The molecule has 0 radical (unpaired) electrons. The van der Waals surface area contributed by atoms with Crippen molar-refractivity contribution in [2.24, 2.45) is 5.92 Å². The minimum Gasteiger partial charge on any atom is -0.453 e. The van der Waals surface area contributed by atoms with Crippen molar-refractivity contribution in [2.75, 3.05) is 29.2 Å². The van der Waals surface area contributed by atoms with Crippen LogP contribution in [0.15, 0.2) is 72.8 Å². The molecule has 4 atom stereocenters. The lowest BCUT2D eigenvalue weighted by molar-refractivity contribution is -0.139. The second-order valence-corrected chi connectivity index (χ2v) is 14.4. The zero-order valence-electron chi connectivity index (χ0n) is 29.4. The van der Waals surface area contributed by atoms with Crippen molar-refractivity contribution in [3.8, 4) is 0 Å². The van der Waals surface area contributed by atoms with Gasteiger partial charge in [0, 0.05) is 23.6 Å². The summed E-state index contributed by atoms with van der Waals surface area (Å²) in [6, 6.07) is 23.7. The highest BCUT2D eigenvalue weighted by Crippen LogP contribution is 2.47. The monoisotopic (exact) mass is 667 g/mol. The molecule has 2 heterocycles. The molecular weight excluding hydrogens is 618 g/mol. The number of anilines is 3. The summed E-state index contributed by atoms with van der Waals surface area (Å²) in [4.78, 5) is 53.9. The maximum atomic E-state index is 13.5. The van der Waals surface area contributed by atoms with Gasteiger partial charge in [0.15, 0.2) is 0 Å². The maximum Gasteiger partial charge on any atom is 0.407 e. The Bertz CT molecular complexity index is 1620.